The first-order chi connectivity index (χ1) is 10.1. The van der Waals surface area contributed by atoms with Crippen molar-refractivity contribution < 1.29 is 9.18 Å². The molecule has 1 N–H and O–H groups in total. The van der Waals surface area contributed by atoms with Gasteiger partial charge < -0.3 is 9.80 Å². The summed E-state index contributed by atoms with van der Waals surface area (Å²) in [6.45, 7) is 3.88. The first-order valence-corrected chi connectivity index (χ1v) is 7.58. The minimum absolute atomic E-state index is 0.124. The fourth-order valence-electron chi connectivity index (χ4n) is 3.34. The molecule has 3 rings (SSSR count). The molecule has 2 aliphatic heterocycles. The number of amides is 1. The summed E-state index contributed by atoms with van der Waals surface area (Å²) in [5, 5.41) is 3.30. The fourth-order valence-corrected chi connectivity index (χ4v) is 3.34. The van der Waals surface area contributed by atoms with Crippen molar-refractivity contribution >= 4 is 5.91 Å². The Morgan fingerprint density at radius 2 is 2.00 bits per heavy atom. The Hall–Kier alpha value is -1.46. The zero-order valence-electron chi connectivity index (χ0n) is 12.6. The van der Waals surface area contributed by atoms with Gasteiger partial charge >= 0.3 is 0 Å². The Morgan fingerprint density at radius 3 is 2.67 bits per heavy atom. The molecule has 21 heavy (non-hydrogen) atoms. The van der Waals surface area contributed by atoms with Gasteiger partial charge in [0.15, 0.2) is 0 Å². The van der Waals surface area contributed by atoms with Crippen LogP contribution in [0.25, 0.3) is 0 Å². The molecule has 0 bridgehead atoms. The summed E-state index contributed by atoms with van der Waals surface area (Å²) < 4.78 is 13.5. The number of hydrogen-bond donors (Lipinski definition) is 1. The van der Waals surface area contributed by atoms with E-state index in [0.29, 0.717) is 0 Å². The van der Waals surface area contributed by atoms with Crippen molar-refractivity contribution in [2.45, 2.75) is 38.0 Å². The van der Waals surface area contributed by atoms with E-state index in [1.807, 2.05) is 17.9 Å². The van der Waals surface area contributed by atoms with Crippen molar-refractivity contribution in [1.29, 1.82) is 0 Å². The summed E-state index contributed by atoms with van der Waals surface area (Å²) >= 11 is 0. The Kier molecular flexibility index (Phi) is 3.95. The highest BCUT2D eigenvalue weighted by atomic mass is 19.1. The molecule has 4 nitrogen and oxygen atoms in total. The lowest BCUT2D eigenvalue weighted by molar-refractivity contribution is -0.133. The zero-order valence-corrected chi connectivity index (χ0v) is 12.6. The molecule has 2 fully saturated rings. The van der Waals surface area contributed by atoms with E-state index < -0.39 is 0 Å². The monoisotopic (exact) mass is 291 g/mol. The number of carbonyl (C=O) groups is 1. The summed E-state index contributed by atoms with van der Waals surface area (Å²) in [6, 6.07) is 6.56. The second-order valence-electron chi connectivity index (χ2n) is 6.13. The number of halogens is 1. The summed E-state index contributed by atoms with van der Waals surface area (Å²) in [4.78, 5) is 16.7. The molecule has 0 aliphatic carbocycles. The average Bonchev–Trinajstić information content (AvgIpc) is 2.76. The molecule has 2 aliphatic rings. The van der Waals surface area contributed by atoms with Gasteiger partial charge in [0.2, 0.25) is 5.91 Å². The number of piperidine rings is 1. The minimum Gasteiger partial charge on any atom is -0.318 e. The molecule has 0 spiro atoms. The minimum atomic E-state index is -0.260. The van der Waals surface area contributed by atoms with Crippen molar-refractivity contribution in [2.24, 2.45) is 0 Å². The smallest absolute Gasteiger partial charge is 0.241 e. The molecule has 2 heterocycles. The lowest BCUT2D eigenvalue weighted by atomic mass is 10.0. The average molecular weight is 291 g/mol. The second-order valence-corrected chi connectivity index (χ2v) is 6.13. The van der Waals surface area contributed by atoms with Crippen LogP contribution in [0.3, 0.4) is 0 Å². The number of rotatable bonds is 2. The van der Waals surface area contributed by atoms with E-state index in [2.05, 4.69) is 17.3 Å². The maximum atomic E-state index is 13.5. The number of benzene rings is 1. The highest BCUT2D eigenvalue weighted by Gasteiger charge is 2.41. The van der Waals surface area contributed by atoms with Crippen molar-refractivity contribution in [2.75, 3.05) is 20.1 Å². The Bertz CT molecular complexity index is 528. The maximum absolute atomic E-state index is 13.5. The summed E-state index contributed by atoms with van der Waals surface area (Å²) in [6.07, 6.45) is 1.74. The third-order valence-corrected chi connectivity index (χ3v) is 4.56. The van der Waals surface area contributed by atoms with E-state index in [9.17, 15) is 9.18 Å². The number of nitrogens with one attached hydrogen (secondary N) is 1. The molecule has 2 saturated heterocycles. The van der Waals surface area contributed by atoms with E-state index in [4.69, 9.17) is 0 Å². The fraction of sp³-hybridized carbons (Fsp3) is 0.562. The van der Waals surface area contributed by atoms with Crippen LogP contribution in [0.2, 0.25) is 0 Å². The zero-order chi connectivity index (χ0) is 15.0. The van der Waals surface area contributed by atoms with Gasteiger partial charge in [-0.25, -0.2) is 4.39 Å². The number of hydrogen-bond acceptors (Lipinski definition) is 3. The predicted octanol–water partition coefficient (Wildman–Crippen LogP) is 1.74. The number of nitrogens with zero attached hydrogens (tertiary/aromatic N) is 2. The molecule has 1 aromatic carbocycles. The van der Waals surface area contributed by atoms with E-state index in [-0.39, 0.29) is 30.0 Å². The van der Waals surface area contributed by atoms with Gasteiger partial charge in [-0.2, -0.15) is 0 Å². The van der Waals surface area contributed by atoms with Crippen molar-refractivity contribution in [3.05, 3.63) is 35.6 Å². The third-order valence-electron chi connectivity index (χ3n) is 4.56. The van der Waals surface area contributed by atoms with Gasteiger partial charge in [-0.1, -0.05) is 12.1 Å². The van der Waals surface area contributed by atoms with Gasteiger partial charge in [-0.05, 0) is 57.6 Å². The van der Waals surface area contributed by atoms with E-state index in [0.717, 1.165) is 31.5 Å². The number of likely N-dealkylation sites (tertiary alicyclic amines) is 1. The van der Waals surface area contributed by atoms with Gasteiger partial charge in [0.05, 0.1) is 6.04 Å². The molecular formula is C16H22FN3O. The summed E-state index contributed by atoms with van der Waals surface area (Å²) in [5.41, 5.74) is 0.826. The van der Waals surface area contributed by atoms with Crippen LogP contribution in [0.15, 0.2) is 24.3 Å². The lowest BCUT2D eigenvalue weighted by Crippen LogP contribution is -2.46. The van der Waals surface area contributed by atoms with E-state index in [1.165, 1.54) is 12.1 Å². The Morgan fingerprint density at radius 1 is 1.29 bits per heavy atom. The van der Waals surface area contributed by atoms with Gasteiger partial charge in [0, 0.05) is 6.04 Å². The molecule has 114 valence electrons. The topological polar surface area (TPSA) is 35.6 Å². The van der Waals surface area contributed by atoms with E-state index in [1.54, 1.807) is 6.07 Å². The first-order valence-electron chi connectivity index (χ1n) is 7.58. The van der Waals surface area contributed by atoms with Crippen LogP contribution in [-0.4, -0.2) is 47.9 Å². The maximum Gasteiger partial charge on any atom is 0.241 e. The first kappa shape index (κ1) is 14.5. The van der Waals surface area contributed by atoms with Crippen molar-refractivity contribution in [1.82, 2.24) is 15.1 Å². The van der Waals surface area contributed by atoms with Crippen LogP contribution >= 0.6 is 0 Å². The summed E-state index contributed by atoms with van der Waals surface area (Å²) in [5.74, 6) is -0.136. The van der Waals surface area contributed by atoms with Gasteiger partial charge in [-0.15, -0.1) is 0 Å². The molecule has 2 atom stereocenters. The highest BCUT2D eigenvalue weighted by molar-refractivity contribution is 5.84. The molecule has 0 saturated carbocycles. The lowest BCUT2D eigenvalue weighted by Gasteiger charge is -2.38. The normalized spacial score (nSPS) is 28.3. The van der Waals surface area contributed by atoms with Crippen LogP contribution < -0.4 is 5.32 Å². The van der Waals surface area contributed by atoms with Crippen LogP contribution in [0, 0.1) is 5.82 Å². The molecular weight excluding hydrogens is 269 g/mol. The standard InChI is InChI=1S/C16H22FN3O/c1-11-16(21)20(14-6-8-19(2)9-7-14)15(18-11)12-4-3-5-13(17)10-12/h3-5,10-11,14-15,18H,6-9H2,1-2H3. The molecule has 0 radical (unpaired) electrons. The van der Waals surface area contributed by atoms with Gasteiger partial charge in [-0.3, -0.25) is 10.1 Å². The summed E-state index contributed by atoms with van der Waals surface area (Å²) in [7, 11) is 2.10. The molecule has 1 amide bonds. The Labute approximate surface area is 124 Å². The largest absolute Gasteiger partial charge is 0.318 e. The molecule has 1 aromatic rings. The highest BCUT2D eigenvalue weighted by Crippen LogP contribution is 2.31. The molecule has 0 aromatic heterocycles. The van der Waals surface area contributed by atoms with Crippen LogP contribution in [0.5, 0.6) is 0 Å². The van der Waals surface area contributed by atoms with Crippen LogP contribution in [-0.2, 0) is 4.79 Å². The van der Waals surface area contributed by atoms with E-state index >= 15 is 0 Å². The quantitative estimate of drug-likeness (QED) is 0.901. The van der Waals surface area contributed by atoms with Gasteiger partial charge in [0.25, 0.3) is 0 Å². The molecule has 5 heteroatoms. The van der Waals surface area contributed by atoms with Crippen molar-refractivity contribution in [3.8, 4) is 0 Å². The second kappa shape index (κ2) is 5.73. The Balaban J connectivity index is 1.86. The van der Waals surface area contributed by atoms with Crippen LogP contribution in [0.1, 0.15) is 31.5 Å². The predicted molar refractivity (Wildman–Crippen MR) is 79.1 cm³/mol. The molecule has 2 unspecified atom stereocenters. The number of carbonyl (C=O) groups excluding carboxylic acids is 1. The van der Waals surface area contributed by atoms with Gasteiger partial charge in [0.1, 0.15) is 12.0 Å². The van der Waals surface area contributed by atoms with Crippen molar-refractivity contribution in [3.63, 3.8) is 0 Å². The van der Waals surface area contributed by atoms with Crippen LogP contribution in [0.4, 0.5) is 4.39 Å². The SMILES string of the molecule is CC1NC(c2cccc(F)c2)N(C2CCN(C)CC2)C1=O. The third kappa shape index (κ3) is 2.80.